The van der Waals surface area contributed by atoms with Crippen molar-refractivity contribution in [3.63, 3.8) is 0 Å². The van der Waals surface area contributed by atoms with E-state index in [2.05, 4.69) is 16.8 Å². The number of ether oxygens (including phenoxy) is 2. The van der Waals surface area contributed by atoms with Crippen molar-refractivity contribution in [2.75, 3.05) is 32.6 Å². The number of hydrogen-bond acceptors (Lipinski definition) is 8. The summed E-state index contributed by atoms with van der Waals surface area (Å²) < 4.78 is 37.4. The molecule has 0 spiro atoms. The molecule has 1 fully saturated rings. The molecule has 1 amide bonds. The van der Waals surface area contributed by atoms with E-state index in [0.717, 1.165) is 17.5 Å². The highest BCUT2D eigenvalue weighted by Gasteiger charge is 2.30. The molecule has 0 saturated carbocycles. The van der Waals surface area contributed by atoms with Crippen LogP contribution in [0.2, 0.25) is 0 Å². The van der Waals surface area contributed by atoms with Crippen LogP contribution < -0.4 is 0 Å². The normalized spacial score (nSPS) is 16.8. The van der Waals surface area contributed by atoms with E-state index >= 15 is 0 Å². The molecule has 28 heavy (non-hydrogen) atoms. The summed E-state index contributed by atoms with van der Waals surface area (Å²) in [5.74, 6) is -0.340. The molecule has 1 atom stereocenters. The smallest absolute Gasteiger partial charge is 0.410 e. The second kappa shape index (κ2) is 9.69. The quantitative estimate of drug-likeness (QED) is 0.356. The number of H-pyrrole nitrogens is 1. The number of nitrogens with zero attached hydrogens (tertiary/aromatic N) is 2. The average molecular weight is 415 g/mol. The van der Waals surface area contributed by atoms with Crippen LogP contribution in [0.3, 0.4) is 0 Å². The molecule has 0 aliphatic carbocycles. The molecule has 1 unspecified atom stereocenters. The fourth-order valence-corrected chi connectivity index (χ4v) is 3.44. The Balaban J connectivity index is 1.75. The van der Waals surface area contributed by atoms with Gasteiger partial charge in [-0.15, -0.1) is 0 Å². The molecule has 1 N–H and O–H groups in total. The number of likely N-dealkylation sites (tertiary alicyclic amines) is 1. The zero-order valence-corrected chi connectivity index (χ0v) is 16.8. The number of aromatic amines is 1. The van der Waals surface area contributed by atoms with Gasteiger partial charge in [-0.05, 0) is 17.6 Å². The number of esters is 1. The first-order valence-corrected chi connectivity index (χ1v) is 10.6. The molecule has 11 heteroatoms. The molecule has 1 aromatic rings. The number of nitrogens with one attached hydrogen (secondary N) is 1. The highest BCUT2D eigenvalue weighted by atomic mass is 32.2. The van der Waals surface area contributed by atoms with Crippen molar-refractivity contribution in [2.24, 2.45) is 0 Å². The summed E-state index contributed by atoms with van der Waals surface area (Å²) in [5.41, 5.74) is 2.37. The van der Waals surface area contributed by atoms with Gasteiger partial charge in [0.25, 0.3) is 10.1 Å². The molecule has 156 valence electrons. The third kappa shape index (κ3) is 7.31. The summed E-state index contributed by atoms with van der Waals surface area (Å²) >= 11 is 0. The van der Waals surface area contributed by atoms with Gasteiger partial charge in [-0.3, -0.25) is 14.1 Å². The molecule has 0 aromatic carbocycles. The van der Waals surface area contributed by atoms with Crippen LogP contribution in [0.15, 0.2) is 18.3 Å². The monoisotopic (exact) mass is 415 g/mol. The van der Waals surface area contributed by atoms with Crippen LogP contribution >= 0.6 is 0 Å². The molecule has 10 nitrogen and oxygen atoms in total. The summed E-state index contributed by atoms with van der Waals surface area (Å²) in [4.78, 5) is 24.4. The summed E-state index contributed by atoms with van der Waals surface area (Å²) in [5, 5.41) is 6.85. The first-order valence-electron chi connectivity index (χ1n) is 8.75. The van der Waals surface area contributed by atoms with Crippen molar-refractivity contribution in [1.29, 1.82) is 0 Å². The lowest BCUT2D eigenvalue weighted by Crippen LogP contribution is -2.31. The maximum absolute atomic E-state index is 12.1. The molecule has 1 aliphatic heterocycles. The highest BCUT2D eigenvalue weighted by molar-refractivity contribution is 7.86. The highest BCUT2D eigenvalue weighted by Crippen LogP contribution is 2.16. The van der Waals surface area contributed by atoms with Gasteiger partial charge >= 0.3 is 12.1 Å². The summed E-state index contributed by atoms with van der Waals surface area (Å²) in [6, 6.07) is 0. The number of amides is 1. The van der Waals surface area contributed by atoms with Crippen LogP contribution in [0, 0.1) is 0 Å². The van der Waals surface area contributed by atoms with Gasteiger partial charge < -0.3 is 14.4 Å². The van der Waals surface area contributed by atoms with Gasteiger partial charge in [0.05, 0.1) is 31.7 Å². The van der Waals surface area contributed by atoms with E-state index in [1.54, 1.807) is 6.20 Å². The summed E-state index contributed by atoms with van der Waals surface area (Å²) in [7, 11) is -3.56. The van der Waals surface area contributed by atoms with Gasteiger partial charge in [0.2, 0.25) is 0 Å². The minimum atomic E-state index is -3.56. The fourth-order valence-electron chi connectivity index (χ4n) is 2.79. The van der Waals surface area contributed by atoms with Crippen molar-refractivity contribution in [3.05, 3.63) is 29.6 Å². The Labute approximate surface area is 164 Å². The van der Waals surface area contributed by atoms with Gasteiger partial charge in [-0.25, -0.2) is 4.79 Å². The van der Waals surface area contributed by atoms with E-state index in [0.29, 0.717) is 31.4 Å². The fraction of sp³-hybridized carbons (Fsp3) is 0.588. The van der Waals surface area contributed by atoms with Gasteiger partial charge in [-0.1, -0.05) is 6.58 Å². The Kier molecular flexibility index (Phi) is 7.58. The SMILES string of the molecule is C=C(COC(=O)N1CCC(OS(C)(=O)=O)C1)Cc1[nH]ncc1CCOC(C)=O. The molecule has 1 aromatic heterocycles. The van der Waals surface area contributed by atoms with Crippen LogP contribution in [0.5, 0.6) is 0 Å². The standard InChI is InChI=1S/C17H25N3O7S/c1-12(8-16-14(9-18-19-16)5-7-25-13(2)21)11-26-17(22)20-6-4-15(10-20)27-28(3,23)24/h9,15H,1,4-8,10-11H2,2-3H3,(H,18,19). The lowest BCUT2D eigenvalue weighted by molar-refractivity contribution is -0.140. The molecule has 2 heterocycles. The third-order valence-electron chi connectivity index (χ3n) is 4.02. The van der Waals surface area contributed by atoms with Crippen molar-refractivity contribution < 1.29 is 31.7 Å². The van der Waals surface area contributed by atoms with Gasteiger partial charge in [-0.2, -0.15) is 13.5 Å². The van der Waals surface area contributed by atoms with Crippen LogP contribution in [0.1, 0.15) is 24.6 Å². The molecular formula is C17H25N3O7S. The summed E-state index contributed by atoms with van der Waals surface area (Å²) in [6.45, 7) is 6.07. The number of hydrogen-bond donors (Lipinski definition) is 1. The molecule has 1 aliphatic rings. The topological polar surface area (TPSA) is 128 Å². The molecule has 1 saturated heterocycles. The zero-order chi connectivity index (χ0) is 20.7. The van der Waals surface area contributed by atoms with E-state index in [1.807, 2.05) is 0 Å². The third-order valence-corrected chi connectivity index (χ3v) is 4.65. The minimum absolute atomic E-state index is 0.0232. The van der Waals surface area contributed by atoms with Crippen molar-refractivity contribution >= 4 is 22.2 Å². The largest absolute Gasteiger partial charge is 0.466 e. The van der Waals surface area contributed by atoms with Gasteiger partial charge in [0.1, 0.15) is 6.61 Å². The molecule has 0 radical (unpaired) electrons. The second-order valence-corrected chi connectivity index (χ2v) is 8.20. The lowest BCUT2D eigenvalue weighted by Gasteiger charge is -2.16. The first kappa shape index (κ1) is 21.9. The molecular weight excluding hydrogens is 390 g/mol. The van der Waals surface area contributed by atoms with E-state index in [4.69, 9.17) is 13.7 Å². The average Bonchev–Trinajstić information content (AvgIpc) is 3.21. The Morgan fingerprint density at radius 1 is 1.39 bits per heavy atom. The number of aromatic nitrogens is 2. The van der Waals surface area contributed by atoms with Crippen molar-refractivity contribution in [1.82, 2.24) is 15.1 Å². The lowest BCUT2D eigenvalue weighted by atomic mass is 10.1. The second-order valence-electron chi connectivity index (χ2n) is 6.60. The van der Waals surface area contributed by atoms with Crippen LogP contribution in [0.25, 0.3) is 0 Å². The predicted octanol–water partition coefficient (Wildman–Crippen LogP) is 0.801. The van der Waals surface area contributed by atoms with Gasteiger partial charge in [0, 0.05) is 32.0 Å². The maximum Gasteiger partial charge on any atom is 0.410 e. The van der Waals surface area contributed by atoms with E-state index < -0.39 is 22.3 Å². The summed E-state index contributed by atoms with van der Waals surface area (Å²) in [6.07, 6.45) is 2.94. The number of carbonyl (C=O) groups is 2. The van der Waals surface area contributed by atoms with E-state index in [-0.39, 0.29) is 25.7 Å². The zero-order valence-electron chi connectivity index (χ0n) is 16.0. The molecule has 2 rings (SSSR count). The van der Waals surface area contributed by atoms with Crippen molar-refractivity contribution in [2.45, 2.75) is 32.3 Å². The van der Waals surface area contributed by atoms with Crippen LogP contribution in [-0.4, -0.2) is 74.2 Å². The van der Waals surface area contributed by atoms with Crippen molar-refractivity contribution in [3.8, 4) is 0 Å². The Morgan fingerprint density at radius 2 is 2.14 bits per heavy atom. The van der Waals surface area contributed by atoms with Crippen LogP contribution in [0.4, 0.5) is 4.79 Å². The number of rotatable bonds is 9. The molecule has 0 bridgehead atoms. The Hall–Kier alpha value is -2.40. The van der Waals surface area contributed by atoms with E-state index in [1.165, 1.54) is 11.8 Å². The Morgan fingerprint density at radius 3 is 2.82 bits per heavy atom. The number of carbonyl (C=O) groups excluding carboxylic acids is 2. The van der Waals surface area contributed by atoms with E-state index in [9.17, 15) is 18.0 Å². The Bertz CT molecular complexity index is 818. The first-order chi connectivity index (χ1) is 13.1. The minimum Gasteiger partial charge on any atom is -0.466 e. The van der Waals surface area contributed by atoms with Gasteiger partial charge in [0.15, 0.2) is 0 Å². The van der Waals surface area contributed by atoms with Crippen LogP contribution in [-0.2, 0) is 41.4 Å². The predicted molar refractivity (Wildman–Crippen MR) is 99.0 cm³/mol. The maximum atomic E-state index is 12.1.